The molecule has 26 heavy (non-hydrogen) atoms. The molecule has 3 rings (SSSR count). The van der Waals surface area contributed by atoms with E-state index < -0.39 is 16.0 Å². The van der Waals surface area contributed by atoms with Crippen LogP contribution < -0.4 is 4.74 Å². The molecule has 0 unspecified atom stereocenters. The summed E-state index contributed by atoms with van der Waals surface area (Å²) < 4.78 is 32.0. The molecule has 0 aliphatic carbocycles. The number of sulfonamides is 1. The van der Waals surface area contributed by atoms with E-state index in [2.05, 4.69) is 0 Å². The minimum atomic E-state index is -3.46. The lowest BCUT2D eigenvalue weighted by molar-refractivity contribution is -0.133. The molecule has 1 aliphatic rings. The third kappa shape index (κ3) is 4.63. The van der Waals surface area contributed by atoms with E-state index >= 15 is 0 Å². The van der Waals surface area contributed by atoms with Crippen LogP contribution in [0.2, 0.25) is 5.02 Å². The molecule has 138 valence electrons. The highest BCUT2D eigenvalue weighted by Gasteiger charge is 2.25. The number of hydrogen-bond donors (Lipinski definition) is 0. The van der Waals surface area contributed by atoms with Gasteiger partial charge in [0.1, 0.15) is 5.75 Å². The summed E-state index contributed by atoms with van der Waals surface area (Å²) in [5, 5.41) is 0.565. The average Bonchev–Trinajstić information content (AvgIpc) is 2.65. The number of piperidine rings is 1. The first-order valence-corrected chi connectivity index (χ1v) is 10.3. The first-order valence-electron chi connectivity index (χ1n) is 8.50. The Kier molecular flexibility index (Phi) is 5.96. The number of carbonyl (C=O) groups is 1. The smallest absolute Gasteiger partial charge is 0.315 e. The Labute approximate surface area is 158 Å². The predicted molar refractivity (Wildman–Crippen MR) is 99.8 cm³/mol. The van der Waals surface area contributed by atoms with Crippen molar-refractivity contribution in [3.63, 3.8) is 0 Å². The van der Waals surface area contributed by atoms with Crippen LogP contribution in [-0.4, -0.2) is 31.8 Å². The van der Waals surface area contributed by atoms with Crippen LogP contribution in [0.15, 0.2) is 53.4 Å². The van der Waals surface area contributed by atoms with Crippen molar-refractivity contribution in [1.29, 1.82) is 0 Å². The van der Waals surface area contributed by atoms with Crippen LogP contribution in [0, 0.1) is 0 Å². The van der Waals surface area contributed by atoms with Crippen LogP contribution in [-0.2, 0) is 21.2 Å². The number of nitrogens with zero attached hydrogens (tertiary/aromatic N) is 1. The van der Waals surface area contributed by atoms with Crippen molar-refractivity contribution >= 4 is 27.6 Å². The molecule has 0 radical (unpaired) electrons. The van der Waals surface area contributed by atoms with Gasteiger partial charge in [0, 0.05) is 18.1 Å². The van der Waals surface area contributed by atoms with Crippen LogP contribution in [0.25, 0.3) is 0 Å². The van der Waals surface area contributed by atoms with Gasteiger partial charge in [0.2, 0.25) is 10.0 Å². The Morgan fingerprint density at radius 3 is 2.19 bits per heavy atom. The van der Waals surface area contributed by atoms with Gasteiger partial charge in [-0.15, -0.1) is 0 Å². The molecule has 0 spiro atoms. The maximum atomic E-state index is 12.6. The molecule has 1 heterocycles. The number of benzene rings is 2. The molecule has 0 aromatic heterocycles. The van der Waals surface area contributed by atoms with Crippen LogP contribution in [0.3, 0.4) is 0 Å². The molecule has 0 bridgehead atoms. The van der Waals surface area contributed by atoms with Gasteiger partial charge in [0.25, 0.3) is 0 Å². The van der Waals surface area contributed by atoms with Crippen LogP contribution in [0.5, 0.6) is 5.75 Å². The molecular weight excluding hydrogens is 374 g/mol. The van der Waals surface area contributed by atoms with Gasteiger partial charge < -0.3 is 4.74 Å². The zero-order valence-electron chi connectivity index (χ0n) is 14.2. The van der Waals surface area contributed by atoms with Crippen molar-refractivity contribution < 1.29 is 17.9 Å². The van der Waals surface area contributed by atoms with Gasteiger partial charge in [-0.05, 0) is 54.8 Å². The van der Waals surface area contributed by atoms with Crippen LogP contribution in [0.4, 0.5) is 0 Å². The lowest BCUT2D eigenvalue weighted by Crippen LogP contribution is -2.35. The zero-order valence-corrected chi connectivity index (χ0v) is 15.8. The van der Waals surface area contributed by atoms with E-state index in [1.807, 2.05) is 0 Å². The highest BCUT2D eigenvalue weighted by molar-refractivity contribution is 7.89. The Morgan fingerprint density at radius 1 is 0.962 bits per heavy atom. The monoisotopic (exact) mass is 393 g/mol. The summed E-state index contributed by atoms with van der Waals surface area (Å²) in [4.78, 5) is 12.3. The summed E-state index contributed by atoms with van der Waals surface area (Å²) >= 11 is 5.79. The van der Waals surface area contributed by atoms with Gasteiger partial charge >= 0.3 is 5.97 Å². The van der Waals surface area contributed by atoms with E-state index in [0.717, 1.165) is 19.3 Å². The number of ether oxygens (including phenoxy) is 1. The van der Waals surface area contributed by atoms with Gasteiger partial charge in [0.15, 0.2) is 0 Å². The number of esters is 1. The highest BCUT2D eigenvalue weighted by Crippen LogP contribution is 2.21. The van der Waals surface area contributed by atoms with E-state index in [1.165, 1.54) is 4.31 Å². The third-order valence-electron chi connectivity index (χ3n) is 4.27. The van der Waals surface area contributed by atoms with Gasteiger partial charge in [-0.1, -0.05) is 30.2 Å². The maximum Gasteiger partial charge on any atom is 0.315 e. The summed E-state index contributed by atoms with van der Waals surface area (Å²) in [5.41, 5.74) is 0.696. The molecule has 0 atom stereocenters. The second-order valence-corrected chi connectivity index (χ2v) is 8.59. The van der Waals surface area contributed by atoms with Crippen LogP contribution in [0.1, 0.15) is 24.8 Å². The molecule has 0 saturated carbocycles. The van der Waals surface area contributed by atoms with Crippen LogP contribution >= 0.6 is 11.6 Å². The molecule has 1 fully saturated rings. The van der Waals surface area contributed by atoms with Crippen molar-refractivity contribution in [3.8, 4) is 5.75 Å². The predicted octanol–water partition coefficient (Wildman–Crippen LogP) is 3.66. The minimum Gasteiger partial charge on any atom is -0.426 e. The SMILES string of the molecule is O=C(Cc1ccc(S(=O)(=O)N2CCCCC2)cc1)Oc1ccc(Cl)cc1. The van der Waals surface area contributed by atoms with E-state index in [1.54, 1.807) is 48.5 Å². The molecule has 5 nitrogen and oxygen atoms in total. The highest BCUT2D eigenvalue weighted by atomic mass is 35.5. The maximum absolute atomic E-state index is 12.6. The lowest BCUT2D eigenvalue weighted by Gasteiger charge is -2.25. The molecular formula is C19H20ClNO4S. The molecule has 2 aromatic rings. The molecule has 2 aromatic carbocycles. The Hall–Kier alpha value is -1.89. The second-order valence-electron chi connectivity index (χ2n) is 6.21. The fraction of sp³-hybridized carbons (Fsp3) is 0.316. The second kappa shape index (κ2) is 8.20. The van der Waals surface area contributed by atoms with E-state index in [9.17, 15) is 13.2 Å². The molecule has 0 N–H and O–H groups in total. The lowest BCUT2D eigenvalue weighted by atomic mass is 10.1. The van der Waals surface area contributed by atoms with Crippen molar-refractivity contribution in [2.75, 3.05) is 13.1 Å². The van der Waals surface area contributed by atoms with E-state index in [4.69, 9.17) is 16.3 Å². The quantitative estimate of drug-likeness (QED) is 0.574. The van der Waals surface area contributed by atoms with Gasteiger partial charge in [-0.2, -0.15) is 4.31 Å². The fourth-order valence-corrected chi connectivity index (χ4v) is 4.51. The van der Waals surface area contributed by atoms with Gasteiger partial charge in [0.05, 0.1) is 11.3 Å². The van der Waals surface area contributed by atoms with E-state index in [0.29, 0.717) is 29.4 Å². The summed E-state index contributed by atoms with van der Waals surface area (Å²) in [6.07, 6.45) is 2.93. The molecule has 7 heteroatoms. The Morgan fingerprint density at radius 2 is 1.58 bits per heavy atom. The zero-order chi connectivity index (χ0) is 18.6. The van der Waals surface area contributed by atoms with Crippen molar-refractivity contribution in [2.24, 2.45) is 0 Å². The van der Waals surface area contributed by atoms with Crippen molar-refractivity contribution in [1.82, 2.24) is 4.31 Å². The normalized spacial score (nSPS) is 15.6. The van der Waals surface area contributed by atoms with Gasteiger partial charge in [-0.3, -0.25) is 4.79 Å². The topological polar surface area (TPSA) is 63.7 Å². The number of carbonyl (C=O) groups excluding carboxylic acids is 1. The molecule has 0 amide bonds. The number of halogens is 1. The first-order chi connectivity index (χ1) is 12.4. The van der Waals surface area contributed by atoms with Crippen molar-refractivity contribution in [3.05, 3.63) is 59.1 Å². The number of rotatable bonds is 5. The summed E-state index contributed by atoms with van der Waals surface area (Å²) in [5.74, 6) is 0.00246. The summed E-state index contributed by atoms with van der Waals surface area (Å²) in [6, 6.07) is 12.9. The standard InChI is InChI=1S/C19H20ClNO4S/c20-16-6-8-17(9-7-16)25-19(22)14-15-4-10-18(11-5-15)26(23,24)21-12-2-1-3-13-21/h4-11H,1-3,12-14H2. The largest absolute Gasteiger partial charge is 0.426 e. The summed E-state index contributed by atoms with van der Waals surface area (Å²) in [6.45, 7) is 1.13. The Bertz CT molecular complexity index is 857. The fourth-order valence-electron chi connectivity index (χ4n) is 2.87. The first kappa shape index (κ1) is 18.9. The minimum absolute atomic E-state index is 0.0622. The average molecular weight is 394 g/mol. The third-order valence-corrected chi connectivity index (χ3v) is 6.43. The van der Waals surface area contributed by atoms with Crippen molar-refractivity contribution in [2.45, 2.75) is 30.6 Å². The Balaban J connectivity index is 1.63. The summed E-state index contributed by atoms with van der Waals surface area (Å²) in [7, 11) is -3.46. The van der Waals surface area contributed by atoms with Gasteiger partial charge in [-0.25, -0.2) is 8.42 Å². The molecule has 1 saturated heterocycles. The number of hydrogen-bond acceptors (Lipinski definition) is 4. The molecule has 1 aliphatic heterocycles. The van der Waals surface area contributed by atoms with E-state index in [-0.39, 0.29) is 11.3 Å².